The van der Waals surface area contributed by atoms with Gasteiger partial charge in [-0.2, -0.15) is 0 Å². The summed E-state index contributed by atoms with van der Waals surface area (Å²) in [5, 5.41) is 14.6. The van der Waals surface area contributed by atoms with Crippen molar-refractivity contribution >= 4 is 10.8 Å². The highest BCUT2D eigenvalue weighted by atomic mass is 32.2. The van der Waals surface area contributed by atoms with E-state index in [1.807, 2.05) is 78.9 Å². The van der Waals surface area contributed by atoms with E-state index >= 15 is 0 Å². The molecule has 0 saturated carbocycles. The molecule has 51 heavy (non-hydrogen) atoms. The molecule has 0 N–H and O–H groups in total. The second-order valence-corrected chi connectivity index (χ2v) is 14.2. The van der Waals surface area contributed by atoms with Crippen LogP contribution in [0.25, 0.3) is 22.5 Å². The molecule has 8 heteroatoms. The maximum Gasteiger partial charge on any atom is 0.205 e. The largest absolute Gasteiger partial charge is 0.488 e. The Morgan fingerprint density at radius 1 is 0.745 bits per heavy atom. The van der Waals surface area contributed by atoms with Crippen molar-refractivity contribution in [3.63, 3.8) is 0 Å². The fourth-order valence-electron chi connectivity index (χ4n) is 6.99. The molecule has 7 nitrogen and oxygen atoms in total. The number of fused-ring (bicyclic) bond motifs is 1. The Labute approximate surface area is 300 Å². The van der Waals surface area contributed by atoms with Crippen LogP contribution in [0.4, 0.5) is 0 Å². The molecule has 0 radical (unpaired) electrons. The highest BCUT2D eigenvalue weighted by molar-refractivity contribution is 7.84. The van der Waals surface area contributed by atoms with Crippen molar-refractivity contribution < 1.29 is 8.95 Å². The molecule has 8 rings (SSSR count). The van der Waals surface area contributed by atoms with Crippen molar-refractivity contribution in [2.24, 2.45) is 0 Å². The molecule has 252 valence electrons. The number of ether oxygens (including phenoxy) is 1. The second-order valence-electron chi connectivity index (χ2n) is 12.7. The summed E-state index contributed by atoms with van der Waals surface area (Å²) in [5.41, 5.74) is 9.22. The lowest BCUT2D eigenvalue weighted by molar-refractivity contribution is 0.302. The molecule has 0 fully saturated rings. The standard InChI is InChI=1S/C43H37N5O2S/c1-2-36-28-41(39-30-51(49)27-26-40(39)44-36)50-29-31-22-24-32(25-23-31)37-20-12-13-21-38(37)42-45-47-48(46-42)43(33-14-6-3-7-15-33,34-16-8-4-9-17-34)35-18-10-5-11-19-35/h3-25,28H,2,26-27,29-30H2,1H3. The van der Waals surface area contributed by atoms with Gasteiger partial charge in [0.25, 0.3) is 0 Å². The van der Waals surface area contributed by atoms with Crippen LogP contribution in [0, 0.1) is 0 Å². The van der Waals surface area contributed by atoms with Gasteiger partial charge >= 0.3 is 0 Å². The summed E-state index contributed by atoms with van der Waals surface area (Å²) in [6.07, 6.45) is 1.56. The lowest BCUT2D eigenvalue weighted by Gasteiger charge is -2.34. The van der Waals surface area contributed by atoms with Gasteiger partial charge in [0.15, 0.2) is 5.54 Å². The van der Waals surface area contributed by atoms with Gasteiger partial charge in [0, 0.05) is 51.6 Å². The van der Waals surface area contributed by atoms with Gasteiger partial charge in [0.2, 0.25) is 5.82 Å². The molecule has 0 saturated heterocycles. The summed E-state index contributed by atoms with van der Waals surface area (Å²) >= 11 is 0. The van der Waals surface area contributed by atoms with E-state index in [2.05, 4.69) is 73.7 Å². The number of benzene rings is 5. The number of nitrogens with zero attached hydrogens (tertiary/aromatic N) is 5. The van der Waals surface area contributed by atoms with E-state index in [9.17, 15) is 4.21 Å². The van der Waals surface area contributed by atoms with Crippen molar-refractivity contribution in [1.82, 2.24) is 25.2 Å². The maximum absolute atomic E-state index is 12.4. The van der Waals surface area contributed by atoms with Crippen molar-refractivity contribution in [1.29, 1.82) is 0 Å². The van der Waals surface area contributed by atoms with Crippen LogP contribution in [-0.4, -0.2) is 35.2 Å². The number of tetrazole rings is 1. The molecule has 1 atom stereocenters. The summed E-state index contributed by atoms with van der Waals surface area (Å²) in [7, 11) is -0.881. The van der Waals surface area contributed by atoms with Gasteiger partial charge in [-0.05, 0) is 45.0 Å². The third-order valence-electron chi connectivity index (χ3n) is 9.57. The summed E-state index contributed by atoms with van der Waals surface area (Å²) in [6, 6.07) is 49.7. The van der Waals surface area contributed by atoms with E-state index in [1.54, 1.807) is 4.80 Å². The van der Waals surface area contributed by atoms with Crippen LogP contribution in [0.2, 0.25) is 0 Å². The van der Waals surface area contributed by atoms with Crippen molar-refractivity contribution in [3.05, 3.63) is 185 Å². The Bertz CT molecular complexity index is 2190. The Morgan fingerprint density at radius 3 is 1.94 bits per heavy atom. The summed E-state index contributed by atoms with van der Waals surface area (Å²) < 4.78 is 18.7. The van der Waals surface area contributed by atoms with Crippen molar-refractivity contribution in [3.8, 4) is 28.3 Å². The number of rotatable bonds is 10. The normalized spacial score (nSPS) is 14.2. The Kier molecular flexibility index (Phi) is 9.07. The first-order chi connectivity index (χ1) is 25.1. The minimum Gasteiger partial charge on any atom is -0.488 e. The third kappa shape index (κ3) is 6.28. The van der Waals surface area contributed by atoms with Gasteiger partial charge in [-0.1, -0.05) is 146 Å². The topological polar surface area (TPSA) is 82.8 Å². The van der Waals surface area contributed by atoms with E-state index in [-0.39, 0.29) is 0 Å². The summed E-state index contributed by atoms with van der Waals surface area (Å²) in [6.45, 7) is 2.50. The molecule has 0 amide bonds. The Balaban J connectivity index is 1.13. The maximum atomic E-state index is 12.4. The molecule has 1 aliphatic heterocycles. The summed E-state index contributed by atoms with van der Waals surface area (Å²) in [4.78, 5) is 6.55. The number of pyridine rings is 1. The molecule has 2 aromatic heterocycles. The van der Waals surface area contributed by atoms with Crippen molar-refractivity contribution in [2.75, 3.05) is 5.75 Å². The molecule has 7 aromatic rings. The molecular weight excluding hydrogens is 651 g/mol. The monoisotopic (exact) mass is 687 g/mol. The van der Waals surface area contributed by atoms with Gasteiger partial charge < -0.3 is 4.74 Å². The third-order valence-corrected chi connectivity index (χ3v) is 10.8. The molecule has 5 aromatic carbocycles. The first-order valence-electron chi connectivity index (χ1n) is 17.3. The van der Waals surface area contributed by atoms with Crippen molar-refractivity contribution in [2.45, 2.75) is 37.7 Å². The molecule has 0 bridgehead atoms. The van der Waals surface area contributed by atoms with Crippen LogP contribution in [0.1, 0.15) is 46.1 Å². The predicted molar refractivity (Wildman–Crippen MR) is 202 cm³/mol. The van der Waals surface area contributed by atoms with Crippen LogP contribution < -0.4 is 4.74 Å². The van der Waals surface area contributed by atoms with Gasteiger partial charge in [0.1, 0.15) is 12.4 Å². The van der Waals surface area contributed by atoms with Gasteiger partial charge in [-0.25, -0.2) is 0 Å². The zero-order valence-electron chi connectivity index (χ0n) is 28.4. The van der Waals surface area contributed by atoms with Crippen LogP contribution in [0.3, 0.4) is 0 Å². The Morgan fingerprint density at radius 2 is 1.33 bits per heavy atom. The number of hydrogen-bond donors (Lipinski definition) is 0. The Hall–Kier alpha value is -5.73. The SMILES string of the molecule is CCc1cc(OCc2ccc(-c3ccccc3-c3nnn(C(c4ccccc4)(c4ccccc4)c4ccccc4)n3)cc2)c2c(n1)CCS(=O)C2. The van der Waals surface area contributed by atoms with Crippen LogP contribution in [0.15, 0.2) is 146 Å². The van der Waals surface area contributed by atoms with E-state index in [4.69, 9.17) is 25.1 Å². The number of aryl methyl sites for hydroxylation is 2. The lowest BCUT2D eigenvalue weighted by Crippen LogP contribution is -2.39. The molecule has 1 unspecified atom stereocenters. The molecule has 3 heterocycles. The van der Waals surface area contributed by atoms with Gasteiger partial charge in [-0.15, -0.1) is 15.0 Å². The molecular formula is C43H37N5O2S. The first-order valence-corrected chi connectivity index (χ1v) is 18.8. The smallest absolute Gasteiger partial charge is 0.205 e. The van der Waals surface area contributed by atoms with Crippen LogP contribution in [-0.2, 0) is 41.5 Å². The number of aromatic nitrogens is 5. The zero-order valence-corrected chi connectivity index (χ0v) is 29.2. The average Bonchev–Trinajstić information content (AvgIpc) is 3.69. The van der Waals surface area contributed by atoms with Crippen LogP contribution in [0.5, 0.6) is 5.75 Å². The summed E-state index contributed by atoms with van der Waals surface area (Å²) in [5.74, 6) is 2.50. The second kappa shape index (κ2) is 14.2. The average molecular weight is 688 g/mol. The van der Waals surface area contributed by atoms with E-state index in [0.717, 1.165) is 74.5 Å². The van der Waals surface area contributed by atoms with E-state index < -0.39 is 16.3 Å². The van der Waals surface area contributed by atoms with Gasteiger partial charge in [0.05, 0.1) is 5.75 Å². The minimum atomic E-state index is -0.881. The first kappa shape index (κ1) is 32.5. The van der Waals surface area contributed by atoms with Gasteiger partial charge in [-0.3, -0.25) is 9.19 Å². The minimum absolute atomic E-state index is 0.407. The fraction of sp³-hybridized carbons (Fsp3) is 0.163. The lowest BCUT2D eigenvalue weighted by atomic mass is 9.77. The van der Waals surface area contributed by atoms with E-state index in [1.165, 1.54) is 0 Å². The highest BCUT2D eigenvalue weighted by Crippen LogP contribution is 2.40. The van der Waals surface area contributed by atoms with Crippen LogP contribution >= 0.6 is 0 Å². The molecule has 0 aliphatic carbocycles. The highest BCUT2D eigenvalue weighted by Gasteiger charge is 2.41. The van der Waals surface area contributed by atoms with E-state index in [0.29, 0.717) is 23.9 Å². The fourth-order valence-corrected chi connectivity index (χ4v) is 8.18. The molecule has 1 aliphatic rings. The zero-order chi connectivity index (χ0) is 34.6. The predicted octanol–water partition coefficient (Wildman–Crippen LogP) is 8.19. The quantitative estimate of drug-likeness (QED) is 0.135. The molecule has 0 spiro atoms. The number of hydrogen-bond acceptors (Lipinski definition) is 6.